The van der Waals surface area contributed by atoms with E-state index in [1.165, 1.54) is 437 Å². The Labute approximate surface area is 701 Å². The molecule has 0 bridgehead atoms. The number of hydrogen-bond acceptors (Lipinski definition) is 6. The van der Waals surface area contributed by atoms with E-state index in [9.17, 15) is 0 Å². The number of carboxylic acids is 4. The number of carbonyl (C=O) groups excluding carboxylic acids is 1. The zero-order valence-electron chi connectivity index (χ0n) is 79.5. The summed E-state index contributed by atoms with van der Waals surface area (Å²) in [6, 6.07) is 0. The summed E-state index contributed by atoms with van der Waals surface area (Å²) in [6.45, 7) is 42.0. The van der Waals surface area contributed by atoms with Gasteiger partial charge in [0, 0.05) is 27.7 Å². The number of rotatable bonds is 78. The predicted octanol–water partition coefficient (Wildman–Crippen LogP) is 35.0. The van der Waals surface area contributed by atoms with Crippen LogP contribution >= 0.6 is 0 Å². The molecule has 112 heavy (non-hydrogen) atoms. The van der Waals surface area contributed by atoms with E-state index in [2.05, 4.69) is 104 Å². The minimum absolute atomic E-state index is 0.00658. The number of unbranched alkanes of at least 4 members (excludes halogenated alkanes) is 42. The standard InChI is InChI=1S/C94H188O2.4C2H4O2/c1-16-31-45-59-73-87(90(88(95)96-30-15,77-63-49-35-20-5)78-64-50-36-21-6)91(79-65-51-37-22-7,80-66-52-38-23-8)93(83-69-55-41-26-11,84-70-56-42-27-12)94(85-71-57-43-28-13,86-72-58-44-29-14)92(81-67-53-39-24-9,82-68-54-40-25-10)89(74-60-46-32-17-2,75-61-47-33-18-3)76-62-48-34-19-4;4*1-2(3)4/h87H,16-86H2,1-15H3;4*1H3,(H,3,4). The van der Waals surface area contributed by atoms with Crippen molar-refractivity contribution >= 4 is 29.8 Å². The summed E-state index contributed by atoms with van der Waals surface area (Å²) in [5, 5.41) is 29.7. The molecule has 10 nitrogen and oxygen atoms in total. The molecular formula is C102H204O10. The molecule has 0 saturated heterocycles. The SMILES string of the molecule is CC(=O)O.CC(=O)O.CC(=O)O.CC(=O)O.CCCCCCC(C(CCCCCC)(CCCCCC)C(=O)OCC)C(CCCCCC)(CCCCCC)C(CCCCCC)(CCCCCC)C(CCCCCC)(CCCCCC)C(CCCCCC)(CCCCCC)C(CCCCCC)(CCCCCC)CCCCCC. The van der Waals surface area contributed by atoms with Gasteiger partial charge in [0.25, 0.3) is 23.9 Å². The highest BCUT2D eigenvalue weighted by Crippen LogP contribution is 2.80. The van der Waals surface area contributed by atoms with E-state index in [-0.39, 0.29) is 33.0 Å². The third kappa shape index (κ3) is 53.0. The Morgan fingerprint density at radius 3 is 0.616 bits per heavy atom. The normalized spacial score (nSPS) is 12.2. The Kier molecular flexibility index (Phi) is 86.4. The molecule has 0 aromatic rings. The molecule has 0 aliphatic rings. The Balaban J connectivity index is -0.00000216. The maximum atomic E-state index is 17.2. The lowest BCUT2D eigenvalue weighted by atomic mass is 9.29. The number of carbonyl (C=O) groups is 5. The van der Waals surface area contributed by atoms with Crippen LogP contribution in [0.5, 0.6) is 0 Å². The van der Waals surface area contributed by atoms with E-state index in [1.54, 1.807) is 0 Å². The fourth-order valence-corrected chi connectivity index (χ4v) is 21.4. The van der Waals surface area contributed by atoms with Crippen LogP contribution in [0.2, 0.25) is 0 Å². The first-order chi connectivity index (χ1) is 53.9. The third-order valence-electron chi connectivity index (χ3n) is 26.3. The van der Waals surface area contributed by atoms with Crippen molar-refractivity contribution in [3.8, 4) is 0 Å². The summed E-state index contributed by atoms with van der Waals surface area (Å²) in [5.41, 5.74) is 0.165. The van der Waals surface area contributed by atoms with Crippen LogP contribution in [0.1, 0.15) is 581 Å². The monoisotopic (exact) mass is 1590 g/mol. The minimum atomic E-state index is -0.833. The van der Waals surface area contributed by atoms with Gasteiger partial charge in [-0.25, -0.2) is 0 Å². The van der Waals surface area contributed by atoms with E-state index in [0.29, 0.717) is 12.5 Å². The molecule has 0 spiro atoms. The van der Waals surface area contributed by atoms with E-state index < -0.39 is 29.3 Å². The van der Waals surface area contributed by atoms with Crippen molar-refractivity contribution in [1.29, 1.82) is 0 Å². The van der Waals surface area contributed by atoms with Crippen LogP contribution in [0, 0.1) is 38.4 Å². The van der Waals surface area contributed by atoms with Crippen molar-refractivity contribution in [2.45, 2.75) is 581 Å². The second-order valence-electron chi connectivity index (χ2n) is 35.6. The number of aliphatic carboxylic acids is 4. The molecule has 10 heteroatoms. The molecule has 0 saturated carbocycles. The molecule has 0 heterocycles. The zero-order chi connectivity index (χ0) is 85.4. The van der Waals surface area contributed by atoms with Gasteiger partial charge in [0.15, 0.2) is 0 Å². The molecule has 672 valence electrons. The molecular weight excluding hydrogens is 1390 g/mol. The lowest BCUT2D eigenvalue weighted by molar-refractivity contribution is -0.267. The highest BCUT2D eigenvalue weighted by molar-refractivity contribution is 5.77. The number of esters is 1. The van der Waals surface area contributed by atoms with Gasteiger partial charge in [-0.1, -0.05) is 456 Å². The van der Waals surface area contributed by atoms with E-state index in [1.807, 2.05) is 0 Å². The summed E-state index contributed by atoms with van der Waals surface area (Å²) < 4.78 is 7.15. The first-order valence-corrected chi connectivity index (χ1v) is 49.8. The number of ether oxygens (including phenoxy) is 1. The largest absolute Gasteiger partial charge is 0.481 e. The average Bonchev–Trinajstić information content (AvgIpc) is 0.671. The van der Waals surface area contributed by atoms with Gasteiger partial charge >= 0.3 is 5.97 Å². The van der Waals surface area contributed by atoms with Crippen LogP contribution < -0.4 is 0 Å². The minimum Gasteiger partial charge on any atom is -0.481 e. The van der Waals surface area contributed by atoms with Gasteiger partial charge in [0.2, 0.25) is 0 Å². The maximum absolute atomic E-state index is 17.2. The Bertz CT molecular complexity index is 1870. The van der Waals surface area contributed by atoms with Crippen LogP contribution in [0.4, 0.5) is 0 Å². The Hall–Kier alpha value is -2.65. The predicted molar refractivity (Wildman–Crippen MR) is 491 cm³/mol. The summed E-state index contributed by atoms with van der Waals surface area (Å²) in [7, 11) is 0. The van der Waals surface area contributed by atoms with Gasteiger partial charge in [-0.15, -0.1) is 0 Å². The molecule has 0 aliphatic heterocycles. The molecule has 0 aliphatic carbocycles. The molecule has 4 N–H and O–H groups in total. The molecule has 0 aromatic carbocycles. The van der Waals surface area contributed by atoms with Crippen LogP contribution in [0.25, 0.3) is 0 Å². The fraction of sp³-hybridized carbons (Fsp3) is 0.951. The topological polar surface area (TPSA) is 175 Å². The van der Waals surface area contributed by atoms with Crippen LogP contribution in [-0.4, -0.2) is 56.9 Å². The Morgan fingerprint density at radius 2 is 0.402 bits per heavy atom. The van der Waals surface area contributed by atoms with E-state index >= 15 is 4.79 Å². The smallest absolute Gasteiger partial charge is 0.312 e. The highest BCUT2D eigenvalue weighted by Gasteiger charge is 2.73. The maximum Gasteiger partial charge on any atom is 0.312 e. The van der Waals surface area contributed by atoms with Crippen molar-refractivity contribution < 1.29 is 49.1 Å². The van der Waals surface area contributed by atoms with Gasteiger partial charge in [-0.2, -0.15) is 0 Å². The van der Waals surface area contributed by atoms with Crippen molar-refractivity contribution in [3.05, 3.63) is 0 Å². The van der Waals surface area contributed by atoms with Crippen LogP contribution in [-0.2, 0) is 28.7 Å². The van der Waals surface area contributed by atoms with Gasteiger partial charge < -0.3 is 25.2 Å². The Morgan fingerprint density at radius 1 is 0.223 bits per heavy atom. The van der Waals surface area contributed by atoms with Gasteiger partial charge in [0.05, 0.1) is 12.0 Å². The van der Waals surface area contributed by atoms with Crippen molar-refractivity contribution in [3.63, 3.8) is 0 Å². The fourth-order valence-electron chi connectivity index (χ4n) is 21.4. The summed E-state index contributed by atoms with van der Waals surface area (Å²) in [6.07, 6.45) is 94.7. The zero-order valence-corrected chi connectivity index (χ0v) is 79.5. The number of hydrogen-bond donors (Lipinski definition) is 4. The quantitative estimate of drug-likeness (QED) is 0.0339. The number of carboxylic acid groups (broad SMARTS) is 4. The molecule has 0 fully saturated rings. The van der Waals surface area contributed by atoms with Gasteiger partial charge in [-0.3, -0.25) is 24.0 Å². The summed E-state index contributed by atoms with van der Waals surface area (Å²) >= 11 is 0. The second-order valence-corrected chi connectivity index (χ2v) is 35.6. The third-order valence-corrected chi connectivity index (χ3v) is 26.3. The first-order valence-electron chi connectivity index (χ1n) is 49.8. The van der Waals surface area contributed by atoms with Crippen molar-refractivity contribution in [2.24, 2.45) is 38.4 Å². The molecule has 1 atom stereocenters. The summed E-state index contributed by atoms with van der Waals surface area (Å²) in [4.78, 5) is 53.2. The lowest BCUT2D eigenvalue weighted by Crippen LogP contribution is -2.68. The highest BCUT2D eigenvalue weighted by atomic mass is 16.5. The van der Waals surface area contributed by atoms with Crippen LogP contribution in [0.15, 0.2) is 0 Å². The molecule has 0 amide bonds. The van der Waals surface area contributed by atoms with E-state index in [4.69, 9.17) is 44.3 Å². The first kappa shape index (κ1) is 118. The van der Waals surface area contributed by atoms with Crippen LogP contribution in [0.3, 0.4) is 0 Å². The molecule has 0 aromatic heterocycles. The lowest BCUT2D eigenvalue weighted by Gasteiger charge is -2.75. The van der Waals surface area contributed by atoms with Gasteiger partial charge in [-0.05, 0) is 130 Å². The average molecular weight is 1590 g/mol. The van der Waals surface area contributed by atoms with Crippen molar-refractivity contribution in [2.75, 3.05) is 6.61 Å². The van der Waals surface area contributed by atoms with Gasteiger partial charge in [0.1, 0.15) is 0 Å². The second kappa shape index (κ2) is 82.1. The molecule has 0 radical (unpaired) electrons. The van der Waals surface area contributed by atoms with Crippen molar-refractivity contribution in [1.82, 2.24) is 0 Å². The van der Waals surface area contributed by atoms with E-state index in [0.717, 1.165) is 40.5 Å². The molecule has 1 unspecified atom stereocenters. The summed E-state index contributed by atoms with van der Waals surface area (Å²) in [5.74, 6) is -2.73. The molecule has 0 rings (SSSR count).